The molecule has 0 bridgehead atoms. The van der Waals surface area contributed by atoms with Crippen LogP contribution in [-0.4, -0.2) is 24.5 Å². The van der Waals surface area contributed by atoms with E-state index in [1.807, 2.05) is 6.07 Å². The Bertz CT molecular complexity index is 554. The summed E-state index contributed by atoms with van der Waals surface area (Å²) in [7, 11) is 0. The molecule has 2 fully saturated rings. The summed E-state index contributed by atoms with van der Waals surface area (Å²) in [4.78, 5) is 13.3. The average molecular weight is 379 g/mol. The molecule has 1 heterocycles. The van der Waals surface area contributed by atoms with E-state index in [1.165, 1.54) is 12.0 Å². The minimum Gasteiger partial charge on any atom is -0.352 e. The lowest BCUT2D eigenvalue weighted by Crippen LogP contribution is -2.53. The minimum atomic E-state index is -0.337. The van der Waals surface area contributed by atoms with E-state index < -0.39 is 0 Å². The van der Waals surface area contributed by atoms with Crippen LogP contribution in [0.1, 0.15) is 57.4 Å². The predicted molar refractivity (Wildman–Crippen MR) is 97.5 cm³/mol. The summed E-state index contributed by atoms with van der Waals surface area (Å²) in [5.74, 6) is 0.245. The van der Waals surface area contributed by atoms with E-state index in [4.69, 9.17) is 0 Å². The summed E-state index contributed by atoms with van der Waals surface area (Å²) in [6, 6.07) is 9.14. The average Bonchev–Trinajstić information content (AvgIpc) is 2.55. The van der Waals surface area contributed by atoms with E-state index in [2.05, 4.69) is 51.7 Å². The zero-order valence-electron chi connectivity index (χ0n) is 13.9. The first-order valence-electron chi connectivity index (χ1n) is 8.90. The van der Waals surface area contributed by atoms with Crippen LogP contribution in [0, 0.1) is 0 Å². The molecular formula is C19H27BrN2O. The Hall–Kier alpha value is -0.870. The molecule has 3 rings (SSSR count). The number of piperidine rings is 1. The summed E-state index contributed by atoms with van der Waals surface area (Å²) in [6.45, 7) is 3.19. The standard InChI is InChI=1S/C19H27BrN2O/c1-14-12-17(8-11-21-14)22-18(23)19(9-3-2-4-10-19)15-6-5-7-16(20)13-15/h5-7,13-14,17,21H,2-4,8-12H2,1H3,(H,22,23). The third-order valence-electron chi connectivity index (χ3n) is 5.48. The molecule has 1 aliphatic carbocycles. The van der Waals surface area contributed by atoms with Gasteiger partial charge in [-0.25, -0.2) is 0 Å². The second kappa shape index (κ2) is 7.35. The van der Waals surface area contributed by atoms with Crippen molar-refractivity contribution in [1.82, 2.24) is 10.6 Å². The number of benzene rings is 1. The van der Waals surface area contributed by atoms with Crippen LogP contribution in [0.25, 0.3) is 0 Å². The van der Waals surface area contributed by atoms with Gasteiger partial charge in [-0.2, -0.15) is 0 Å². The topological polar surface area (TPSA) is 41.1 Å². The van der Waals surface area contributed by atoms with Gasteiger partial charge in [0, 0.05) is 16.6 Å². The lowest BCUT2D eigenvalue weighted by Gasteiger charge is -2.39. The SMILES string of the molecule is CC1CC(NC(=O)C2(c3cccc(Br)c3)CCCCC2)CCN1. The maximum Gasteiger partial charge on any atom is 0.230 e. The second-order valence-electron chi connectivity index (χ2n) is 7.20. The number of halogens is 1. The number of nitrogens with one attached hydrogen (secondary N) is 2. The van der Waals surface area contributed by atoms with Gasteiger partial charge in [-0.1, -0.05) is 47.3 Å². The van der Waals surface area contributed by atoms with E-state index >= 15 is 0 Å². The molecule has 1 saturated heterocycles. The van der Waals surface area contributed by atoms with E-state index in [0.29, 0.717) is 12.1 Å². The monoisotopic (exact) mass is 378 g/mol. The van der Waals surface area contributed by atoms with Crippen molar-refractivity contribution >= 4 is 21.8 Å². The van der Waals surface area contributed by atoms with Crippen LogP contribution in [0.15, 0.2) is 28.7 Å². The molecule has 0 aromatic heterocycles. The first-order valence-corrected chi connectivity index (χ1v) is 9.70. The molecule has 4 heteroatoms. The van der Waals surface area contributed by atoms with E-state index in [9.17, 15) is 4.79 Å². The third-order valence-corrected chi connectivity index (χ3v) is 5.97. The van der Waals surface area contributed by atoms with Gasteiger partial charge in [-0.15, -0.1) is 0 Å². The van der Waals surface area contributed by atoms with Crippen LogP contribution in [0.4, 0.5) is 0 Å². The maximum atomic E-state index is 13.3. The molecule has 23 heavy (non-hydrogen) atoms. The molecule has 2 N–H and O–H groups in total. The van der Waals surface area contributed by atoms with E-state index in [1.54, 1.807) is 0 Å². The molecule has 2 aliphatic rings. The normalized spacial score (nSPS) is 27.4. The Labute approximate surface area is 147 Å². The highest BCUT2D eigenvalue weighted by Gasteiger charge is 2.42. The third kappa shape index (κ3) is 3.80. The first-order chi connectivity index (χ1) is 11.1. The van der Waals surface area contributed by atoms with Gasteiger partial charge in [0.1, 0.15) is 0 Å². The number of carbonyl (C=O) groups excluding carboxylic acids is 1. The fourth-order valence-corrected chi connectivity index (χ4v) is 4.57. The molecule has 3 nitrogen and oxygen atoms in total. The lowest BCUT2D eigenvalue weighted by atomic mass is 9.68. The highest BCUT2D eigenvalue weighted by atomic mass is 79.9. The predicted octanol–water partition coefficient (Wildman–Crippen LogP) is 3.91. The van der Waals surface area contributed by atoms with Gasteiger partial charge in [0.15, 0.2) is 0 Å². The van der Waals surface area contributed by atoms with Crippen molar-refractivity contribution in [2.45, 2.75) is 69.4 Å². The first kappa shape index (κ1) is 17.0. The summed E-state index contributed by atoms with van der Waals surface area (Å²) in [6.07, 6.45) is 7.52. The van der Waals surface area contributed by atoms with E-state index in [-0.39, 0.29) is 11.3 Å². The van der Waals surface area contributed by atoms with Gasteiger partial charge < -0.3 is 10.6 Å². The van der Waals surface area contributed by atoms with Crippen molar-refractivity contribution in [3.05, 3.63) is 34.3 Å². The van der Waals surface area contributed by atoms with E-state index in [0.717, 1.165) is 49.5 Å². The molecule has 1 saturated carbocycles. The fourth-order valence-electron chi connectivity index (χ4n) is 4.17. The van der Waals surface area contributed by atoms with Crippen molar-refractivity contribution in [2.24, 2.45) is 0 Å². The molecule has 1 aliphatic heterocycles. The summed E-state index contributed by atoms with van der Waals surface area (Å²) in [5, 5.41) is 6.84. The Kier molecular flexibility index (Phi) is 5.42. The molecule has 126 valence electrons. The minimum absolute atomic E-state index is 0.245. The van der Waals surface area contributed by atoms with Crippen LogP contribution < -0.4 is 10.6 Å². The van der Waals surface area contributed by atoms with Gasteiger partial charge in [0.05, 0.1) is 5.41 Å². The summed E-state index contributed by atoms with van der Waals surface area (Å²) in [5.41, 5.74) is 0.835. The molecule has 0 spiro atoms. The second-order valence-corrected chi connectivity index (χ2v) is 8.12. The number of rotatable bonds is 3. The lowest BCUT2D eigenvalue weighted by molar-refractivity contribution is -0.129. The van der Waals surface area contributed by atoms with Gasteiger partial charge in [0.2, 0.25) is 5.91 Å². The van der Waals surface area contributed by atoms with Gasteiger partial charge in [-0.3, -0.25) is 4.79 Å². The van der Waals surface area contributed by atoms with Gasteiger partial charge >= 0.3 is 0 Å². The molecule has 0 radical (unpaired) electrons. The molecular weight excluding hydrogens is 352 g/mol. The van der Waals surface area contributed by atoms with Crippen molar-refractivity contribution in [1.29, 1.82) is 0 Å². The molecule has 1 aromatic carbocycles. The summed E-state index contributed by atoms with van der Waals surface area (Å²) >= 11 is 3.57. The van der Waals surface area contributed by atoms with Crippen molar-refractivity contribution in [3.63, 3.8) is 0 Å². The zero-order valence-corrected chi connectivity index (χ0v) is 15.5. The Morgan fingerprint density at radius 2 is 2.09 bits per heavy atom. The van der Waals surface area contributed by atoms with Crippen LogP contribution in [0.2, 0.25) is 0 Å². The Balaban J connectivity index is 1.82. The van der Waals surface area contributed by atoms with Crippen molar-refractivity contribution in [2.75, 3.05) is 6.54 Å². The quantitative estimate of drug-likeness (QED) is 0.836. The van der Waals surface area contributed by atoms with Crippen LogP contribution in [0.3, 0.4) is 0 Å². The van der Waals surface area contributed by atoms with Gasteiger partial charge in [0.25, 0.3) is 0 Å². The Morgan fingerprint density at radius 3 is 2.78 bits per heavy atom. The zero-order chi connectivity index (χ0) is 16.3. The molecule has 1 amide bonds. The highest BCUT2D eigenvalue weighted by molar-refractivity contribution is 9.10. The Morgan fingerprint density at radius 1 is 1.30 bits per heavy atom. The fraction of sp³-hybridized carbons (Fsp3) is 0.632. The van der Waals surface area contributed by atoms with Gasteiger partial charge in [-0.05, 0) is 56.8 Å². The molecule has 2 unspecified atom stereocenters. The smallest absolute Gasteiger partial charge is 0.230 e. The van der Waals surface area contributed by atoms with Crippen molar-refractivity contribution in [3.8, 4) is 0 Å². The maximum absolute atomic E-state index is 13.3. The number of hydrogen-bond acceptors (Lipinski definition) is 2. The highest BCUT2D eigenvalue weighted by Crippen LogP contribution is 2.40. The molecule has 2 atom stereocenters. The molecule has 1 aromatic rings. The largest absolute Gasteiger partial charge is 0.352 e. The summed E-state index contributed by atoms with van der Waals surface area (Å²) < 4.78 is 1.06. The van der Waals surface area contributed by atoms with Crippen LogP contribution >= 0.6 is 15.9 Å². The van der Waals surface area contributed by atoms with Crippen molar-refractivity contribution < 1.29 is 4.79 Å². The van der Waals surface area contributed by atoms with Crippen LogP contribution in [-0.2, 0) is 10.2 Å². The number of carbonyl (C=O) groups is 1. The number of amides is 1. The number of hydrogen-bond donors (Lipinski definition) is 2. The van der Waals surface area contributed by atoms with Crippen LogP contribution in [0.5, 0.6) is 0 Å².